The van der Waals surface area contributed by atoms with E-state index in [1.54, 1.807) is 6.92 Å². The quantitative estimate of drug-likeness (QED) is 0.361. The fourth-order valence-corrected chi connectivity index (χ4v) is 4.33. The first kappa shape index (κ1) is 22.8. The summed E-state index contributed by atoms with van der Waals surface area (Å²) < 4.78 is 16.2. The first-order valence-electron chi connectivity index (χ1n) is 9.69. The molecule has 0 unspecified atom stereocenters. The number of amides is 1. The molecule has 0 atom stereocenters. The van der Waals surface area contributed by atoms with Crippen molar-refractivity contribution in [3.8, 4) is 17.2 Å². The van der Waals surface area contributed by atoms with Crippen LogP contribution in [-0.4, -0.2) is 41.0 Å². The zero-order valence-electron chi connectivity index (χ0n) is 17.7. The van der Waals surface area contributed by atoms with E-state index in [2.05, 4.69) is 15.5 Å². The van der Waals surface area contributed by atoms with Crippen LogP contribution in [0.4, 0.5) is 5.00 Å². The number of carbonyl (C=O) groups is 2. The Morgan fingerprint density at radius 1 is 1.13 bits per heavy atom. The molecule has 164 valence electrons. The molecular formula is C21H23N3O5S2. The summed E-state index contributed by atoms with van der Waals surface area (Å²) in [6, 6.07) is 7.32. The molecule has 0 saturated heterocycles. The van der Waals surface area contributed by atoms with Crippen molar-refractivity contribution in [1.29, 1.82) is 0 Å². The van der Waals surface area contributed by atoms with E-state index in [1.807, 2.05) is 45.0 Å². The molecular weight excluding hydrogens is 438 g/mol. The summed E-state index contributed by atoms with van der Waals surface area (Å²) in [4.78, 5) is 25.6. The van der Waals surface area contributed by atoms with Crippen LogP contribution in [-0.2, 0) is 9.53 Å². The maximum atomic E-state index is 12.4. The third-order valence-corrected chi connectivity index (χ3v) is 6.20. The van der Waals surface area contributed by atoms with E-state index in [0.717, 1.165) is 33.5 Å². The van der Waals surface area contributed by atoms with Gasteiger partial charge in [-0.1, -0.05) is 11.8 Å². The predicted molar refractivity (Wildman–Crippen MR) is 120 cm³/mol. The van der Waals surface area contributed by atoms with Gasteiger partial charge in [0.15, 0.2) is 0 Å². The normalized spacial score (nSPS) is 10.7. The van der Waals surface area contributed by atoms with Crippen LogP contribution < -0.4 is 10.1 Å². The average Bonchev–Trinajstić information content (AvgIpc) is 3.32. The molecule has 0 aliphatic heterocycles. The number of aryl methyl sites for hydroxylation is 1. The lowest BCUT2D eigenvalue weighted by molar-refractivity contribution is -0.113. The molecule has 0 aliphatic rings. The molecule has 0 bridgehead atoms. The van der Waals surface area contributed by atoms with E-state index >= 15 is 0 Å². The number of nitrogens with one attached hydrogen (secondary N) is 1. The maximum Gasteiger partial charge on any atom is 0.341 e. The lowest BCUT2D eigenvalue weighted by Gasteiger charge is -2.06. The first-order valence-corrected chi connectivity index (χ1v) is 11.5. The summed E-state index contributed by atoms with van der Waals surface area (Å²) in [5.41, 5.74) is 1.97. The van der Waals surface area contributed by atoms with Gasteiger partial charge in [0.05, 0.1) is 24.5 Å². The molecule has 8 nitrogen and oxygen atoms in total. The highest BCUT2D eigenvalue weighted by Gasteiger charge is 2.22. The van der Waals surface area contributed by atoms with Crippen LogP contribution in [0.2, 0.25) is 0 Å². The molecule has 2 heterocycles. The van der Waals surface area contributed by atoms with Crippen molar-refractivity contribution in [2.45, 2.75) is 32.9 Å². The Kier molecular flexibility index (Phi) is 7.69. The number of thiophene rings is 1. The number of aromatic nitrogens is 2. The van der Waals surface area contributed by atoms with Gasteiger partial charge in [0, 0.05) is 10.4 Å². The van der Waals surface area contributed by atoms with Crippen LogP contribution >= 0.6 is 23.1 Å². The second-order valence-corrected chi connectivity index (χ2v) is 8.53. The van der Waals surface area contributed by atoms with Gasteiger partial charge in [-0.15, -0.1) is 21.5 Å². The zero-order valence-corrected chi connectivity index (χ0v) is 19.3. The highest BCUT2D eigenvalue weighted by atomic mass is 32.2. The number of esters is 1. The van der Waals surface area contributed by atoms with E-state index in [4.69, 9.17) is 13.9 Å². The Bertz CT molecular complexity index is 1060. The number of benzene rings is 1. The molecule has 1 amide bonds. The van der Waals surface area contributed by atoms with E-state index in [0.29, 0.717) is 23.1 Å². The van der Waals surface area contributed by atoms with Crippen LogP contribution in [0, 0.1) is 13.8 Å². The Hall–Kier alpha value is -2.85. The smallest absolute Gasteiger partial charge is 0.341 e. The van der Waals surface area contributed by atoms with Gasteiger partial charge in [0.25, 0.3) is 5.22 Å². The lowest BCUT2D eigenvalue weighted by Crippen LogP contribution is -2.16. The number of anilines is 1. The zero-order chi connectivity index (χ0) is 22.4. The van der Waals surface area contributed by atoms with Crippen LogP contribution in [0.25, 0.3) is 11.5 Å². The first-order chi connectivity index (χ1) is 14.9. The number of thioether (sulfide) groups is 1. The largest absolute Gasteiger partial charge is 0.494 e. The van der Waals surface area contributed by atoms with Crippen LogP contribution in [0.15, 0.2) is 33.9 Å². The summed E-state index contributed by atoms with van der Waals surface area (Å²) >= 11 is 2.47. The predicted octanol–water partition coefficient (Wildman–Crippen LogP) is 4.72. The van der Waals surface area contributed by atoms with Gasteiger partial charge >= 0.3 is 5.97 Å². The van der Waals surface area contributed by atoms with Crippen LogP contribution in [0.1, 0.15) is 34.6 Å². The highest BCUT2D eigenvalue weighted by Crippen LogP contribution is 2.33. The minimum absolute atomic E-state index is 0.0587. The molecule has 1 N–H and O–H groups in total. The standard InChI is InChI=1S/C21H23N3O5S2/c1-5-27-15-9-7-14(8-10-15)18-23-24-21(29-18)30-11-16(25)22-19-17(20(26)28-6-2)12(3)13(4)31-19/h7-10H,5-6,11H2,1-4H3,(H,22,25). The van der Waals surface area contributed by atoms with Crippen molar-refractivity contribution in [2.24, 2.45) is 0 Å². The molecule has 31 heavy (non-hydrogen) atoms. The van der Waals surface area contributed by atoms with Crippen molar-refractivity contribution in [3.63, 3.8) is 0 Å². The van der Waals surface area contributed by atoms with E-state index in [9.17, 15) is 9.59 Å². The molecule has 10 heteroatoms. The van der Waals surface area contributed by atoms with Gasteiger partial charge in [0.2, 0.25) is 11.8 Å². The molecule has 0 radical (unpaired) electrons. The molecule has 0 aliphatic carbocycles. The molecule has 3 rings (SSSR count). The Morgan fingerprint density at radius 3 is 2.55 bits per heavy atom. The van der Waals surface area contributed by atoms with Gasteiger partial charge < -0.3 is 19.2 Å². The number of nitrogens with zero attached hydrogens (tertiary/aromatic N) is 2. The second kappa shape index (κ2) is 10.5. The summed E-state index contributed by atoms with van der Waals surface area (Å²) in [6.45, 7) is 8.26. The van der Waals surface area contributed by atoms with Crippen LogP contribution in [0.3, 0.4) is 0 Å². The van der Waals surface area contributed by atoms with Crippen molar-refractivity contribution in [3.05, 3.63) is 40.3 Å². The van der Waals surface area contributed by atoms with Gasteiger partial charge in [-0.3, -0.25) is 4.79 Å². The fraction of sp³-hybridized carbons (Fsp3) is 0.333. The van der Waals surface area contributed by atoms with Gasteiger partial charge in [0.1, 0.15) is 10.8 Å². The Morgan fingerprint density at radius 2 is 1.87 bits per heavy atom. The SMILES string of the molecule is CCOC(=O)c1c(NC(=O)CSc2nnc(-c3ccc(OCC)cc3)o2)sc(C)c1C. The second-order valence-electron chi connectivity index (χ2n) is 6.38. The molecule has 3 aromatic rings. The highest BCUT2D eigenvalue weighted by molar-refractivity contribution is 7.99. The number of hydrogen-bond acceptors (Lipinski definition) is 9. The third kappa shape index (κ3) is 5.65. The third-order valence-electron chi connectivity index (χ3n) is 4.26. The number of rotatable bonds is 9. The van der Waals surface area contributed by atoms with Crippen molar-refractivity contribution < 1.29 is 23.5 Å². The number of ether oxygens (including phenoxy) is 2. The Balaban J connectivity index is 1.61. The lowest BCUT2D eigenvalue weighted by atomic mass is 10.1. The molecule has 2 aromatic heterocycles. The minimum Gasteiger partial charge on any atom is -0.494 e. The topological polar surface area (TPSA) is 104 Å². The van der Waals surface area contributed by atoms with Crippen molar-refractivity contribution in [1.82, 2.24) is 10.2 Å². The summed E-state index contributed by atoms with van der Waals surface area (Å²) in [6.07, 6.45) is 0. The molecule has 0 fully saturated rings. The van der Waals surface area contributed by atoms with Gasteiger partial charge in [-0.2, -0.15) is 0 Å². The van der Waals surface area contributed by atoms with E-state index in [-0.39, 0.29) is 23.5 Å². The monoisotopic (exact) mass is 461 g/mol. The molecule has 0 saturated carbocycles. The number of carbonyl (C=O) groups excluding carboxylic acids is 2. The summed E-state index contributed by atoms with van der Waals surface area (Å²) in [5, 5.41) is 11.6. The summed E-state index contributed by atoms with van der Waals surface area (Å²) in [5.74, 6) is 0.462. The van der Waals surface area contributed by atoms with Crippen molar-refractivity contribution in [2.75, 3.05) is 24.3 Å². The van der Waals surface area contributed by atoms with E-state index < -0.39 is 5.97 Å². The fourth-order valence-electron chi connectivity index (χ4n) is 2.70. The molecule has 0 spiro atoms. The van der Waals surface area contributed by atoms with Gasteiger partial charge in [-0.25, -0.2) is 4.79 Å². The Labute approximate surface area is 188 Å². The van der Waals surface area contributed by atoms with Gasteiger partial charge in [-0.05, 0) is 57.5 Å². The minimum atomic E-state index is -0.441. The summed E-state index contributed by atoms with van der Waals surface area (Å²) in [7, 11) is 0. The number of hydrogen-bond donors (Lipinski definition) is 1. The van der Waals surface area contributed by atoms with Crippen LogP contribution in [0.5, 0.6) is 5.75 Å². The van der Waals surface area contributed by atoms with E-state index in [1.165, 1.54) is 11.3 Å². The van der Waals surface area contributed by atoms with Crippen molar-refractivity contribution >= 4 is 40.0 Å². The maximum absolute atomic E-state index is 12.4. The average molecular weight is 462 g/mol. The molecule has 1 aromatic carbocycles.